The molecule has 1 aliphatic rings. The fraction of sp³-hybridized carbons (Fsp3) is 0.600. The van der Waals surface area contributed by atoms with Crippen LogP contribution < -0.4 is 5.32 Å². The van der Waals surface area contributed by atoms with Gasteiger partial charge in [-0.15, -0.1) is 0 Å². The highest BCUT2D eigenvalue weighted by Crippen LogP contribution is 2.46. The lowest BCUT2D eigenvalue weighted by atomic mass is 9.73. The molecule has 0 bridgehead atoms. The standard InChI is InChI=1S/C15H18ClF4N/c1-21-14(11-7-6-9(16)8-13(11)17)10-4-2-3-5-12(10)15(18,19)20/h6-8,10,12,14,21H,2-5H2,1H3. The highest BCUT2D eigenvalue weighted by atomic mass is 35.5. The van der Waals surface area contributed by atoms with E-state index in [1.807, 2.05) is 0 Å². The minimum absolute atomic E-state index is 0.113. The zero-order valence-corrected chi connectivity index (χ0v) is 12.4. The van der Waals surface area contributed by atoms with E-state index < -0.39 is 29.9 Å². The van der Waals surface area contributed by atoms with E-state index in [4.69, 9.17) is 11.6 Å². The molecule has 1 aromatic carbocycles. The number of halogens is 5. The second-order valence-corrected chi connectivity index (χ2v) is 5.97. The fourth-order valence-corrected chi connectivity index (χ4v) is 3.48. The van der Waals surface area contributed by atoms with Crippen LogP contribution in [0.15, 0.2) is 18.2 Å². The predicted molar refractivity (Wildman–Crippen MR) is 74.7 cm³/mol. The summed E-state index contributed by atoms with van der Waals surface area (Å²) in [5, 5.41) is 3.11. The molecule has 0 aliphatic heterocycles. The van der Waals surface area contributed by atoms with Crippen LogP contribution >= 0.6 is 11.6 Å². The summed E-state index contributed by atoms with van der Waals surface area (Å²) in [5.41, 5.74) is 0.253. The largest absolute Gasteiger partial charge is 0.392 e. The van der Waals surface area contributed by atoms with E-state index in [1.54, 1.807) is 7.05 Å². The molecule has 1 aliphatic carbocycles. The fourth-order valence-electron chi connectivity index (χ4n) is 3.32. The van der Waals surface area contributed by atoms with Gasteiger partial charge in [0.25, 0.3) is 0 Å². The molecule has 6 heteroatoms. The maximum Gasteiger partial charge on any atom is 0.392 e. The van der Waals surface area contributed by atoms with Gasteiger partial charge in [-0.05, 0) is 37.9 Å². The Morgan fingerprint density at radius 3 is 2.48 bits per heavy atom. The van der Waals surface area contributed by atoms with Crippen molar-refractivity contribution in [3.8, 4) is 0 Å². The molecule has 0 heterocycles. The average Bonchev–Trinajstić information content (AvgIpc) is 2.41. The van der Waals surface area contributed by atoms with E-state index in [2.05, 4.69) is 5.32 Å². The Morgan fingerprint density at radius 2 is 1.90 bits per heavy atom. The number of nitrogens with one attached hydrogen (secondary N) is 1. The van der Waals surface area contributed by atoms with Gasteiger partial charge in [0.15, 0.2) is 0 Å². The molecule has 1 nitrogen and oxygen atoms in total. The smallest absolute Gasteiger partial charge is 0.313 e. The topological polar surface area (TPSA) is 12.0 Å². The molecule has 1 fully saturated rings. The minimum Gasteiger partial charge on any atom is -0.313 e. The van der Waals surface area contributed by atoms with Gasteiger partial charge >= 0.3 is 6.18 Å². The summed E-state index contributed by atoms with van der Waals surface area (Å²) in [4.78, 5) is 0. The molecule has 21 heavy (non-hydrogen) atoms. The first-order valence-corrected chi connectivity index (χ1v) is 7.41. The number of rotatable bonds is 3. The van der Waals surface area contributed by atoms with Crippen molar-refractivity contribution in [1.29, 1.82) is 0 Å². The lowest BCUT2D eigenvalue weighted by Gasteiger charge is -2.38. The third kappa shape index (κ3) is 3.69. The summed E-state index contributed by atoms with van der Waals surface area (Å²) in [6.45, 7) is 0. The van der Waals surface area contributed by atoms with Crippen molar-refractivity contribution in [3.05, 3.63) is 34.6 Å². The van der Waals surface area contributed by atoms with Gasteiger partial charge in [-0.1, -0.05) is 30.5 Å². The van der Waals surface area contributed by atoms with E-state index in [1.165, 1.54) is 12.1 Å². The van der Waals surface area contributed by atoms with Crippen LogP contribution in [-0.4, -0.2) is 13.2 Å². The van der Waals surface area contributed by atoms with Crippen LogP contribution in [0.3, 0.4) is 0 Å². The van der Waals surface area contributed by atoms with Gasteiger partial charge in [0, 0.05) is 16.6 Å². The van der Waals surface area contributed by atoms with Crippen LogP contribution in [0, 0.1) is 17.7 Å². The van der Waals surface area contributed by atoms with Gasteiger partial charge in [0.05, 0.1) is 5.92 Å². The maximum atomic E-state index is 14.1. The van der Waals surface area contributed by atoms with Gasteiger partial charge in [-0.2, -0.15) is 13.2 Å². The van der Waals surface area contributed by atoms with Gasteiger partial charge < -0.3 is 5.32 Å². The number of hydrogen-bond donors (Lipinski definition) is 1. The summed E-state index contributed by atoms with van der Waals surface area (Å²) in [5.74, 6) is -2.61. The van der Waals surface area contributed by atoms with Crippen molar-refractivity contribution in [2.75, 3.05) is 7.05 Å². The molecule has 3 atom stereocenters. The second-order valence-electron chi connectivity index (χ2n) is 5.53. The Bertz CT molecular complexity index is 489. The molecule has 0 spiro atoms. The normalized spacial score (nSPS) is 24.9. The Kier molecular flexibility index (Phi) is 5.15. The second kappa shape index (κ2) is 6.53. The van der Waals surface area contributed by atoms with Crippen molar-refractivity contribution in [2.45, 2.75) is 37.9 Å². The van der Waals surface area contributed by atoms with Crippen LogP contribution in [0.25, 0.3) is 0 Å². The van der Waals surface area contributed by atoms with Crippen molar-refractivity contribution in [2.24, 2.45) is 11.8 Å². The highest BCUT2D eigenvalue weighted by molar-refractivity contribution is 6.30. The molecule has 1 saturated carbocycles. The molecule has 1 aromatic rings. The van der Waals surface area contributed by atoms with E-state index in [0.717, 1.165) is 12.5 Å². The predicted octanol–water partition coefficient (Wildman–Crippen LogP) is 5.11. The molecule has 1 N–H and O–H groups in total. The third-order valence-electron chi connectivity index (χ3n) is 4.28. The van der Waals surface area contributed by atoms with Crippen molar-refractivity contribution < 1.29 is 17.6 Å². The summed E-state index contributed by atoms with van der Waals surface area (Å²) >= 11 is 5.71. The molecule has 118 valence electrons. The molecule has 0 saturated heterocycles. The van der Waals surface area contributed by atoms with Crippen molar-refractivity contribution in [1.82, 2.24) is 5.32 Å². The molecule has 0 radical (unpaired) electrons. The molecular formula is C15H18ClF4N. The Balaban J connectivity index is 2.34. The Labute approximate surface area is 126 Å². The van der Waals surface area contributed by atoms with Gasteiger partial charge in [-0.3, -0.25) is 0 Å². The molecule has 0 amide bonds. The third-order valence-corrected chi connectivity index (χ3v) is 4.51. The number of benzene rings is 1. The van der Waals surface area contributed by atoms with Crippen molar-refractivity contribution in [3.63, 3.8) is 0 Å². The average molecular weight is 324 g/mol. The maximum absolute atomic E-state index is 14.1. The first-order chi connectivity index (χ1) is 9.84. The minimum atomic E-state index is -4.25. The number of alkyl halides is 3. The lowest BCUT2D eigenvalue weighted by molar-refractivity contribution is -0.199. The van der Waals surface area contributed by atoms with E-state index >= 15 is 0 Å². The summed E-state index contributed by atoms with van der Waals surface area (Å²) < 4.78 is 53.7. The number of hydrogen-bond acceptors (Lipinski definition) is 1. The summed E-state index contributed by atoms with van der Waals surface area (Å²) in [6, 6.07) is 3.47. The van der Waals surface area contributed by atoms with E-state index in [0.29, 0.717) is 12.8 Å². The van der Waals surface area contributed by atoms with Gasteiger partial charge in [0.1, 0.15) is 5.82 Å². The lowest BCUT2D eigenvalue weighted by Crippen LogP contribution is -2.40. The van der Waals surface area contributed by atoms with E-state index in [-0.39, 0.29) is 17.0 Å². The van der Waals surface area contributed by atoms with Crippen molar-refractivity contribution >= 4 is 11.6 Å². The molecular weight excluding hydrogens is 306 g/mol. The summed E-state index contributed by atoms with van der Waals surface area (Å²) in [6.07, 6.45) is -2.38. The van der Waals surface area contributed by atoms with Crippen LogP contribution in [-0.2, 0) is 0 Å². The zero-order valence-electron chi connectivity index (χ0n) is 11.7. The monoisotopic (exact) mass is 323 g/mol. The quantitative estimate of drug-likeness (QED) is 0.762. The Hall–Kier alpha value is -0.810. The SMILES string of the molecule is CNC(c1ccc(Cl)cc1F)C1CCCCC1C(F)(F)F. The van der Waals surface area contributed by atoms with Crippen LogP contribution in [0.5, 0.6) is 0 Å². The van der Waals surface area contributed by atoms with Crippen LogP contribution in [0.1, 0.15) is 37.3 Å². The van der Waals surface area contributed by atoms with E-state index in [9.17, 15) is 17.6 Å². The first kappa shape index (κ1) is 16.6. The Morgan fingerprint density at radius 1 is 1.24 bits per heavy atom. The van der Waals surface area contributed by atoms with Crippen LogP contribution in [0.2, 0.25) is 5.02 Å². The first-order valence-electron chi connectivity index (χ1n) is 7.03. The van der Waals surface area contributed by atoms with Gasteiger partial charge in [-0.25, -0.2) is 4.39 Å². The molecule has 3 unspecified atom stereocenters. The van der Waals surface area contributed by atoms with Gasteiger partial charge in [0.2, 0.25) is 0 Å². The zero-order chi connectivity index (χ0) is 15.6. The van der Waals surface area contributed by atoms with Crippen LogP contribution in [0.4, 0.5) is 17.6 Å². The summed E-state index contributed by atoms with van der Waals surface area (Å²) in [7, 11) is 1.57. The highest BCUT2D eigenvalue weighted by Gasteiger charge is 2.48. The molecule has 0 aromatic heterocycles. The molecule has 2 rings (SSSR count).